The fraction of sp³-hybridized carbons (Fsp3) is 0.136. The number of fused-ring (bicyclic) bond motifs is 2. The van der Waals surface area contributed by atoms with E-state index in [2.05, 4.69) is 9.97 Å². The fourth-order valence-corrected chi connectivity index (χ4v) is 3.53. The van der Waals surface area contributed by atoms with E-state index >= 15 is 0 Å². The summed E-state index contributed by atoms with van der Waals surface area (Å²) >= 11 is 0. The van der Waals surface area contributed by atoms with Crippen molar-refractivity contribution in [3.8, 4) is 34.3 Å². The minimum absolute atomic E-state index is 0.0271. The molecule has 9 nitrogen and oxygen atoms in total. The van der Waals surface area contributed by atoms with Crippen LogP contribution in [0.5, 0.6) is 23.0 Å². The van der Waals surface area contributed by atoms with E-state index in [-0.39, 0.29) is 30.1 Å². The van der Waals surface area contributed by atoms with Gasteiger partial charge in [0.25, 0.3) is 5.56 Å². The smallest absolute Gasteiger partial charge is 0.330 e. The quantitative estimate of drug-likeness (QED) is 0.521. The number of H-pyrrole nitrogens is 1. The molecule has 1 aliphatic heterocycles. The molecule has 0 fully saturated rings. The van der Waals surface area contributed by atoms with Crippen LogP contribution in [0.2, 0.25) is 0 Å². The van der Waals surface area contributed by atoms with Gasteiger partial charge in [-0.1, -0.05) is 6.07 Å². The lowest BCUT2D eigenvalue weighted by atomic mass is 10.1. The number of pyridine rings is 1. The van der Waals surface area contributed by atoms with Crippen molar-refractivity contribution >= 4 is 11.0 Å². The van der Waals surface area contributed by atoms with Crippen LogP contribution < -0.4 is 25.5 Å². The number of phenols is 1. The number of methoxy groups -OCH3 is 1. The van der Waals surface area contributed by atoms with E-state index in [0.29, 0.717) is 28.5 Å². The molecule has 31 heavy (non-hydrogen) atoms. The van der Waals surface area contributed by atoms with Crippen LogP contribution in [0.1, 0.15) is 5.56 Å². The van der Waals surface area contributed by atoms with E-state index in [1.54, 1.807) is 36.4 Å². The van der Waals surface area contributed by atoms with Crippen LogP contribution in [0, 0.1) is 0 Å². The number of phenolic OH excluding ortho intramolecular Hbond substituents is 1. The summed E-state index contributed by atoms with van der Waals surface area (Å²) < 4.78 is 17.2. The molecule has 5 rings (SSSR count). The van der Waals surface area contributed by atoms with E-state index in [4.69, 9.17) is 14.2 Å². The molecule has 0 spiro atoms. The summed E-state index contributed by atoms with van der Waals surface area (Å²) in [5.41, 5.74) is 0.735. The second-order valence-electron chi connectivity index (χ2n) is 6.98. The van der Waals surface area contributed by atoms with Crippen molar-refractivity contribution in [2.75, 3.05) is 13.9 Å². The molecular formula is C22H17N3O6. The highest BCUT2D eigenvalue weighted by Crippen LogP contribution is 2.33. The average molecular weight is 419 g/mol. The summed E-state index contributed by atoms with van der Waals surface area (Å²) in [6.07, 6.45) is 0. The first-order chi connectivity index (χ1) is 15.0. The molecule has 2 aromatic carbocycles. The summed E-state index contributed by atoms with van der Waals surface area (Å²) in [5, 5.41) is 10.6. The molecule has 0 saturated heterocycles. The zero-order chi connectivity index (χ0) is 21.5. The second-order valence-corrected chi connectivity index (χ2v) is 6.98. The molecule has 9 heteroatoms. The monoisotopic (exact) mass is 419 g/mol. The predicted molar refractivity (Wildman–Crippen MR) is 112 cm³/mol. The molecule has 0 radical (unpaired) electrons. The fourth-order valence-electron chi connectivity index (χ4n) is 3.53. The summed E-state index contributed by atoms with van der Waals surface area (Å²) in [6.45, 7) is 0.310. The molecule has 4 aromatic rings. The normalized spacial score (nSPS) is 12.3. The maximum absolute atomic E-state index is 12.6. The van der Waals surface area contributed by atoms with E-state index in [9.17, 15) is 14.7 Å². The number of aromatic amines is 1. The number of hydrogen-bond donors (Lipinski definition) is 2. The maximum atomic E-state index is 12.6. The molecule has 2 aromatic heterocycles. The number of hydrogen-bond acceptors (Lipinski definition) is 7. The van der Waals surface area contributed by atoms with Crippen molar-refractivity contribution in [2.24, 2.45) is 0 Å². The van der Waals surface area contributed by atoms with Gasteiger partial charge in [-0.3, -0.25) is 14.3 Å². The highest BCUT2D eigenvalue weighted by molar-refractivity contribution is 5.79. The van der Waals surface area contributed by atoms with Gasteiger partial charge in [0.1, 0.15) is 11.5 Å². The first-order valence-electron chi connectivity index (χ1n) is 9.43. The molecule has 0 amide bonds. The van der Waals surface area contributed by atoms with Crippen LogP contribution in [0.3, 0.4) is 0 Å². The summed E-state index contributed by atoms with van der Waals surface area (Å²) in [5.74, 6) is 1.70. The lowest BCUT2D eigenvalue weighted by molar-refractivity contribution is 0.174. The first kappa shape index (κ1) is 18.7. The Morgan fingerprint density at radius 1 is 1.10 bits per heavy atom. The Morgan fingerprint density at radius 2 is 1.94 bits per heavy atom. The third-order valence-corrected chi connectivity index (χ3v) is 5.10. The number of nitrogens with zero attached hydrogens (tertiary/aromatic N) is 2. The molecule has 2 N–H and O–H groups in total. The van der Waals surface area contributed by atoms with Crippen molar-refractivity contribution in [3.63, 3.8) is 0 Å². The molecule has 3 heterocycles. The number of nitrogens with one attached hydrogen (secondary N) is 1. The molecule has 0 unspecified atom stereocenters. The molecule has 0 bridgehead atoms. The molecule has 0 aliphatic carbocycles. The third kappa shape index (κ3) is 3.25. The van der Waals surface area contributed by atoms with Gasteiger partial charge in [0.05, 0.1) is 24.7 Å². The lowest BCUT2D eigenvalue weighted by Gasteiger charge is -2.12. The van der Waals surface area contributed by atoms with Crippen LogP contribution in [0.4, 0.5) is 0 Å². The Hall–Kier alpha value is -4.27. The van der Waals surface area contributed by atoms with Gasteiger partial charge in [0.15, 0.2) is 17.1 Å². The van der Waals surface area contributed by atoms with E-state index in [0.717, 1.165) is 5.56 Å². The molecular weight excluding hydrogens is 402 g/mol. The zero-order valence-electron chi connectivity index (χ0n) is 16.4. The van der Waals surface area contributed by atoms with Gasteiger partial charge < -0.3 is 19.3 Å². The van der Waals surface area contributed by atoms with Crippen molar-refractivity contribution in [1.82, 2.24) is 14.5 Å². The van der Waals surface area contributed by atoms with E-state index < -0.39 is 11.2 Å². The standard InChI is InChI=1S/C22H17N3O6/c1-29-13-3-4-14(17(26)9-13)16-6-5-15-20(23-16)25(22(28)24-21(15)27)10-12-2-7-18-19(8-12)31-11-30-18/h2-9,26H,10-11H2,1H3,(H,24,27,28). The van der Waals surface area contributed by atoms with Crippen LogP contribution in [0.25, 0.3) is 22.3 Å². The molecule has 156 valence electrons. The van der Waals surface area contributed by atoms with Gasteiger partial charge in [0.2, 0.25) is 6.79 Å². The number of benzene rings is 2. The van der Waals surface area contributed by atoms with Gasteiger partial charge in [-0.2, -0.15) is 0 Å². The number of rotatable bonds is 4. The topological polar surface area (TPSA) is 116 Å². The number of aromatic hydroxyl groups is 1. The Morgan fingerprint density at radius 3 is 2.74 bits per heavy atom. The third-order valence-electron chi connectivity index (χ3n) is 5.10. The van der Waals surface area contributed by atoms with Gasteiger partial charge >= 0.3 is 5.69 Å². The van der Waals surface area contributed by atoms with Crippen LogP contribution in [-0.4, -0.2) is 33.5 Å². The Kier molecular flexibility index (Phi) is 4.36. The Balaban J connectivity index is 1.65. The summed E-state index contributed by atoms with van der Waals surface area (Å²) in [7, 11) is 1.50. The van der Waals surface area contributed by atoms with E-state index in [1.165, 1.54) is 17.7 Å². The highest BCUT2D eigenvalue weighted by Gasteiger charge is 2.16. The van der Waals surface area contributed by atoms with Crippen molar-refractivity contribution in [3.05, 3.63) is 74.9 Å². The largest absolute Gasteiger partial charge is 0.507 e. The lowest BCUT2D eigenvalue weighted by Crippen LogP contribution is -2.31. The second kappa shape index (κ2) is 7.21. The predicted octanol–water partition coefficient (Wildman–Crippen LogP) is 2.24. The van der Waals surface area contributed by atoms with Gasteiger partial charge in [-0.15, -0.1) is 0 Å². The maximum Gasteiger partial charge on any atom is 0.330 e. The minimum Gasteiger partial charge on any atom is -0.507 e. The van der Waals surface area contributed by atoms with Gasteiger partial charge in [0, 0.05) is 11.6 Å². The zero-order valence-corrected chi connectivity index (χ0v) is 16.4. The van der Waals surface area contributed by atoms with Crippen molar-refractivity contribution < 1.29 is 19.3 Å². The minimum atomic E-state index is -0.584. The highest BCUT2D eigenvalue weighted by atomic mass is 16.7. The van der Waals surface area contributed by atoms with Crippen LogP contribution >= 0.6 is 0 Å². The van der Waals surface area contributed by atoms with Crippen molar-refractivity contribution in [1.29, 1.82) is 0 Å². The molecule has 1 aliphatic rings. The average Bonchev–Trinajstić information content (AvgIpc) is 3.24. The van der Waals surface area contributed by atoms with Crippen molar-refractivity contribution in [2.45, 2.75) is 6.54 Å². The summed E-state index contributed by atoms with van der Waals surface area (Å²) in [4.78, 5) is 31.8. The Labute approximate surface area is 175 Å². The molecule has 0 atom stereocenters. The van der Waals surface area contributed by atoms with Crippen LogP contribution in [0.15, 0.2) is 58.1 Å². The Bertz CT molecular complexity index is 1440. The SMILES string of the molecule is COc1ccc(-c2ccc3c(=O)[nH]c(=O)n(Cc4ccc5c(c4)OCO5)c3n2)c(O)c1. The first-order valence-corrected chi connectivity index (χ1v) is 9.43. The van der Waals surface area contributed by atoms with Gasteiger partial charge in [-0.05, 0) is 42.0 Å². The van der Waals surface area contributed by atoms with Gasteiger partial charge in [-0.25, -0.2) is 9.78 Å². The van der Waals surface area contributed by atoms with E-state index in [1.807, 2.05) is 6.07 Å². The summed E-state index contributed by atoms with van der Waals surface area (Å²) in [6, 6.07) is 13.4. The molecule has 0 saturated carbocycles. The van der Waals surface area contributed by atoms with Crippen LogP contribution in [-0.2, 0) is 6.54 Å². The number of aromatic nitrogens is 3. The number of ether oxygens (including phenoxy) is 3.